The van der Waals surface area contributed by atoms with E-state index in [2.05, 4.69) is 0 Å². The molecule has 0 aromatic heterocycles. The molecule has 0 radical (unpaired) electrons. The van der Waals surface area contributed by atoms with E-state index in [0.29, 0.717) is 23.3 Å². The highest BCUT2D eigenvalue weighted by Gasteiger charge is 2.19. The lowest BCUT2D eigenvalue weighted by Crippen LogP contribution is -2.21. The predicted molar refractivity (Wildman–Crippen MR) is 108 cm³/mol. The summed E-state index contributed by atoms with van der Waals surface area (Å²) in [5.74, 6) is -4.57. The Morgan fingerprint density at radius 1 is 1.03 bits per heavy atom. The lowest BCUT2D eigenvalue weighted by Gasteiger charge is -2.13. The molecular weight excluding hydrogens is 429 g/mol. The summed E-state index contributed by atoms with van der Waals surface area (Å²) < 4.78 is 51.3. The maximum absolute atomic E-state index is 13.8. The first-order valence-electron chi connectivity index (χ1n) is 9.20. The highest BCUT2D eigenvalue weighted by Crippen LogP contribution is 2.33. The molecule has 0 heterocycles. The van der Waals surface area contributed by atoms with E-state index < -0.39 is 28.1 Å². The highest BCUT2D eigenvalue weighted by molar-refractivity contribution is 5.94. The van der Waals surface area contributed by atoms with Gasteiger partial charge in [-0.15, -0.1) is 0 Å². The molecule has 0 aliphatic rings. The van der Waals surface area contributed by atoms with Crippen LogP contribution in [0.25, 0.3) is 0 Å². The van der Waals surface area contributed by atoms with Crippen LogP contribution in [0.2, 0.25) is 0 Å². The fourth-order valence-electron chi connectivity index (χ4n) is 2.78. The summed E-state index contributed by atoms with van der Waals surface area (Å²) in [7, 11) is 3.16. The number of carbonyl (C=O) groups excluding carboxylic acids is 1. The van der Waals surface area contributed by atoms with Crippen molar-refractivity contribution in [3.63, 3.8) is 0 Å². The molecule has 0 atom stereocenters. The van der Waals surface area contributed by atoms with E-state index in [1.54, 1.807) is 26.2 Å². The van der Waals surface area contributed by atoms with Gasteiger partial charge in [-0.25, -0.2) is 13.2 Å². The number of benzene rings is 3. The van der Waals surface area contributed by atoms with Gasteiger partial charge in [0.1, 0.15) is 18.2 Å². The van der Waals surface area contributed by atoms with Gasteiger partial charge in [0.25, 0.3) is 5.91 Å². The molecule has 0 N–H and O–H groups in total. The van der Waals surface area contributed by atoms with Crippen LogP contribution in [0.5, 0.6) is 17.2 Å². The Labute approximate surface area is 180 Å². The minimum Gasteiger partial charge on any atom is -0.483 e. The average Bonchev–Trinajstić information content (AvgIpc) is 2.72. The van der Waals surface area contributed by atoms with Crippen molar-refractivity contribution in [1.29, 1.82) is 0 Å². The minimum atomic E-state index is -1.22. The lowest BCUT2D eigenvalue weighted by molar-refractivity contribution is -0.385. The van der Waals surface area contributed by atoms with Crippen molar-refractivity contribution in [2.75, 3.05) is 14.1 Å². The van der Waals surface area contributed by atoms with Crippen molar-refractivity contribution in [1.82, 2.24) is 4.90 Å². The zero-order valence-electron chi connectivity index (χ0n) is 17.0. The normalized spacial score (nSPS) is 10.5. The third-order valence-corrected chi connectivity index (χ3v) is 4.28. The van der Waals surface area contributed by atoms with Crippen molar-refractivity contribution >= 4 is 11.6 Å². The number of nitro groups is 1. The summed E-state index contributed by atoms with van der Waals surface area (Å²) in [4.78, 5) is 24.2. The van der Waals surface area contributed by atoms with Crippen LogP contribution in [0.4, 0.5) is 18.9 Å². The Balaban J connectivity index is 1.87. The van der Waals surface area contributed by atoms with Gasteiger partial charge in [-0.1, -0.05) is 6.07 Å². The quantitative estimate of drug-likeness (QED) is 0.373. The zero-order chi connectivity index (χ0) is 23.4. The second-order valence-corrected chi connectivity index (χ2v) is 6.88. The van der Waals surface area contributed by atoms with Crippen LogP contribution in [0.1, 0.15) is 15.9 Å². The van der Waals surface area contributed by atoms with Gasteiger partial charge in [-0.3, -0.25) is 14.9 Å². The molecule has 0 saturated heterocycles. The third-order valence-electron chi connectivity index (χ3n) is 4.28. The van der Waals surface area contributed by atoms with Gasteiger partial charge in [0, 0.05) is 37.9 Å². The number of carbonyl (C=O) groups is 1. The molecule has 0 bridgehead atoms. The van der Waals surface area contributed by atoms with Crippen molar-refractivity contribution in [3.8, 4) is 17.2 Å². The Bertz CT molecular complexity index is 1160. The molecule has 1 amide bonds. The number of hydrogen-bond donors (Lipinski definition) is 0. The second-order valence-electron chi connectivity index (χ2n) is 6.88. The molecule has 166 valence electrons. The van der Waals surface area contributed by atoms with E-state index in [1.807, 2.05) is 0 Å². The van der Waals surface area contributed by atoms with Crippen LogP contribution in [-0.2, 0) is 6.61 Å². The number of rotatable bonds is 7. The van der Waals surface area contributed by atoms with Gasteiger partial charge in [-0.2, -0.15) is 0 Å². The van der Waals surface area contributed by atoms with E-state index in [4.69, 9.17) is 9.47 Å². The van der Waals surface area contributed by atoms with Crippen LogP contribution in [0, 0.1) is 27.6 Å². The van der Waals surface area contributed by atoms with Gasteiger partial charge in [0.05, 0.1) is 4.92 Å². The van der Waals surface area contributed by atoms with Crippen LogP contribution in [0.3, 0.4) is 0 Å². The largest absolute Gasteiger partial charge is 0.483 e. The van der Waals surface area contributed by atoms with Crippen LogP contribution >= 0.6 is 0 Å². The second kappa shape index (κ2) is 9.38. The summed E-state index contributed by atoms with van der Waals surface area (Å²) in [6, 6.07) is 10.8. The third kappa shape index (κ3) is 5.15. The summed E-state index contributed by atoms with van der Waals surface area (Å²) in [6.07, 6.45) is 0. The Morgan fingerprint density at radius 2 is 1.72 bits per heavy atom. The van der Waals surface area contributed by atoms with Crippen LogP contribution in [-0.4, -0.2) is 29.8 Å². The van der Waals surface area contributed by atoms with Gasteiger partial charge >= 0.3 is 5.69 Å². The van der Waals surface area contributed by atoms with Crippen molar-refractivity contribution < 1.29 is 32.4 Å². The topological polar surface area (TPSA) is 81.9 Å². The molecular formula is C22H17F3N2O5. The number of nitrogens with zero attached hydrogens (tertiary/aromatic N) is 2. The number of amides is 1. The molecule has 0 saturated carbocycles. The number of ether oxygens (including phenoxy) is 2. The molecule has 32 heavy (non-hydrogen) atoms. The zero-order valence-corrected chi connectivity index (χ0v) is 17.0. The van der Waals surface area contributed by atoms with E-state index in [0.717, 1.165) is 6.07 Å². The molecule has 3 aromatic rings. The summed E-state index contributed by atoms with van der Waals surface area (Å²) >= 11 is 0. The van der Waals surface area contributed by atoms with E-state index in [9.17, 15) is 28.1 Å². The molecule has 0 aliphatic carbocycles. The smallest absolute Gasteiger partial charge is 0.311 e. The molecule has 0 unspecified atom stereocenters. The Morgan fingerprint density at radius 3 is 2.34 bits per heavy atom. The Hall–Kier alpha value is -4.08. The fraction of sp³-hybridized carbons (Fsp3) is 0.136. The Kier molecular flexibility index (Phi) is 6.62. The molecule has 7 nitrogen and oxygen atoms in total. The lowest BCUT2D eigenvalue weighted by atomic mass is 10.2. The van der Waals surface area contributed by atoms with Crippen molar-refractivity contribution in [2.45, 2.75) is 6.61 Å². The maximum atomic E-state index is 13.8. The first kappa shape index (κ1) is 22.6. The van der Waals surface area contributed by atoms with E-state index in [1.165, 1.54) is 29.2 Å². The predicted octanol–water partition coefficient (Wildman–Crippen LogP) is 5.09. The number of nitro benzene ring substituents is 1. The van der Waals surface area contributed by atoms with Crippen molar-refractivity contribution in [2.24, 2.45) is 0 Å². The molecule has 0 aliphatic heterocycles. The first-order chi connectivity index (χ1) is 15.2. The van der Waals surface area contributed by atoms with Gasteiger partial charge in [-0.05, 0) is 35.9 Å². The molecule has 3 aromatic carbocycles. The molecule has 0 spiro atoms. The van der Waals surface area contributed by atoms with Crippen LogP contribution < -0.4 is 9.47 Å². The molecule has 0 fully saturated rings. The molecule has 3 rings (SSSR count). The summed E-state index contributed by atoms with van der Waals surface area (Å²) in [6.45, 7) is -0.368. The van der Waals surface area contributed by atoms with Crippen molar-refractivity contribution in [3.05, 3.63) is 93.3 Å². The summed E-state index contributed by atoms with van der Waals surface area (Å²) in [5.41, 5.74) is 0.253. The minimum absolute atomic E-state index is 0.161. The molecule has 10 heteroatoms. The monoisotopic (exact) mass is 446 g/mol. The number of halogens is 3. The SMILES string of the molecule is CN(C)C(=O)c1cccc(Oc2cc(COc3c(F)cc(F)cc3F)ccc2[N+](=O)[O-])c1. The van der Waals surface area contributed by atoms with Gasteiger partial charge in [0.15, 0.2) is 17.4 Å². The highest BCUT2D eigenvalue weighted by atomic mass is 19.1. The summed E-state index contributed by atoms with van der Waals surface area (Å²) in [5, 5.41) is 11.4. The first-order valence-corrected chi connectivity index (χ1v) is 9.20. The number of hydrogen-bond acceptors (Lipinski definition) is 5. The van der Waals surface area contributed by atoms with E-state index >= 15 is 0 Å². The fourth-order valence-corrected chi connectivity index (χ4v) is 2.78. The average molecular weight is 446 g/mol. The standard InChI is InChI=1S/C22H17F3N2O5/c1-26(2)22(28)14-4-3-5-16(9-14)32-20-8-13(6-7-19(20)27(29)30)12-31-21-17(24)10-15(23)11-18(21)25/h3-11H,12H2,1-2H3. The van der Waals surface area contributed by atoms with Crippen LogP contribution in [0.15, 0.2) is 54.6 Å². The maximum Gasteiger partial charge on any atom is 0.311 e. The van der Waals surface area contributed by atoms with E-state index in [-0.39, 0.29) is 29.7 Å². The van der Waals surface area contributed by atoms with Gasteiger partial charge < -0.3 is 14.4 Å². The van der Waals surface area contributed by atoms with Gasteiger partial charge in [0.2, 0.25) is 5.75 Å².